The molecule has 0 aromatic heterocycles. The summed E-state index contributed by atoms with van der Waals surface area (Å²) in [6.45, 7) is 3.14. The van der Waals surface area contributed by atoms with Crippen molar-refractivity contribution < 1.29 is 16.8 Å². The summed E-state index contributed by atoms with van der Waals surface area (Å²) >= 11 is 0. The predicted octanol–water partition coefficient (Wildman–Crippen LogP) is 2.43. The molecule has 0 N–H and O–H groups in total. The summed E-state index contributed by atoms with van der Waals surface area (Å²) in [5.74, 6) is -0.0340. The van der Waals surface area contributed by atoms with Crippen LogP contribution in [0.5, 0.6) is 0 Å². The highest BCUT2D eigenvalue weighted by molar-refractivity contribution is 7.92. The molecule has 0 heterocycles. The minimum atomic E-state index is -3.39. The van der Waals surface area contributed by atoms with Crippen LogP contribution in [0.1, 0.15) is 13.8 Å². The van der Waals surface area contributed by atoms with Crippen molar-refractivity contribution in [1.82, 2.24) is 0 Å². The van der Waals surface area contributed by atoms with Gasteiger partial charge in [-0.1, -0.05) is 38.1 Å². The minimum absolute atomic E-state index is 0.0170. The lowest BCUT2D eigenvalue weighted by atomic mass is 10.1. The molecule has 2 rings (SSSR count). The topological polar surface area (TPSA) is 68.3 Å². The van der Waals surface area contributed by atoms with Crippen molar-refractivity contribution in [2.75, 3.05) is 11.5 Å². The zero-order chi connectivity index (χ0) is 15.0. The summed E-state index contributed by atoms with van der Waals surface area (Å²) in [6, 6.07) is 9.49. The summed E-state index contributed by atoms with van der Waals surface area (Å²) in [5, 5.41) is 0.924. The largest absolute Gasteiger partial charge is 0.224 e. The smallest absolute Gasteiger partial charge is 0.178 e. The average Bonchev–Trinajstić information content (AvgIpc) is 2.45. The Morgan fingerprint density at radius 2 is 1.05 bits per heavy atom. The Balaban J connectivity index is 2.91. The summed E-state index contributed by atoms with van der Waals surface area (Å²) in [5.41, 5.74) is 0. The third-order valence-electron chi connectivity index (χ3n) is 3.27. The Labute approximate surface area is 119 Å². The van der Waals surface area contributed by atoms with Gasteiger partial charge in [-0.05, 0) is 12.1 Å². The second kappa shape index (κ2) is 5.18. The van der Waals surface area contributed by atoms with Gasteiger partial charge in [0.1, 0.15) is 0 Å². The summed E-state index contributed by atoms with van der Waals surface area (Å²) < 4.78 is 48.4. The first kappa shape index (κ1) is 15.0. The zero-order valence-corrected chi connectivity index (χ0v) is 13.0. The first-order chi connectivity index (χ1) is 9.33. The van der Waals surface area contributed by atoms with Gasteiger partial charge in [-0.25, -0.2) is 16.8 Å². The van der Waals surface area contributed by atoms with E-state index in [2.05, 4.69) is 0 Å². The van der Waals surface area contributed by atoms with Gasteiger partial charge in [-0.2, -0.15) is 0 Å². The molecule has 0 radical (unpaired) electrons. The number of sulfone groups is 2. The van der Waals surface area contributed by atoms with E-state index in [-0.39, 0.29) is 21.3 Å². The molecule has 0 bridgehead atoms. The molecule has 2 aromatic rings. The van der Waals surface area contributed by atoms with Crippen LogP contribution in [0.2, 0.25) is 0 Å². The van der Waals surface area contributed by atoms with Crippen LogP contribution in [0.3, 0.4) is 0 Å². The standard InChI is InChI=1S/C14H16O4S2/c1-3-19(15,16)13-9-5-8-12-11(13)7-6-10-14(12)20(17,18)4-2/h5-10H,3-4H2,1-2H3. The van der Waals surface area contributed by atoms with Gasteiger partial charge in [0.2, 0.25) is 0 Å². The molecule has 0 atom stereocenters. The highest BCUT2D eigenvalue weighted by atomic mass is 32.2. The van der Waals surface area contributed by atoms with Gasteiger partial charge < -0.3 is 0 Å². The molecular formula is C14H16O4S2. The van der Waals surface area contributed by atoms with E-state index in [1.165, 1.54) is 12.1 Å². The average molecular weight is 312 g/mol. The molecule has 0 saturated heterocycles. The predicted molar refractivity (Wildman–Crippen MR) is 79.4 cm³/mol. The maximum atomic E-state index is 12.1. The quantitative estimate of drug-likeness (QED) is 0.869. The van der Waals surface area contributed by atoms with E-state index in [0.717, 1.165) is 0 Å². The van der Waals surface area contributed by atoms with Gasteiger partial charge in [0.15, 0.2) is 19.7 Å². The van der Waals surface area contributed by atoms with Crippen molar-refractivity contribution in [3.63, 3.8) is 0 Å². The van der Waals surface area contributed by atoms with E-state index in [1.54, 1.807) is 38.1 Å². The molecule has 0 saturated carbocycles. The van der Waals surface area contributed by atoms with Crippen LogP contribution in [0.25, 0.3) is 10.8 Å². The lowest BCUT2D eigenvalue weighted by Crippen LogP contribution is -2.07. The SMILES string of the molecule is CCS(=O)(=O)c1cccc2c(S(=O)(=O)CC)cccc12. The molecule has 0 aliphatic carbocycles. The Morgan fingerprint density at radius 1 is 0.700 bits per heavy atom. The molecule has 0 aliphatic rings. The fraction of sp³-hybridized carbons (Fsp3) is 0.286. The molecule has 0 unspecified atom stereocenters. The van der Waals surface area contributed by atoms with Crippen LogP contribution in [-0.2, 0) is 19.7 Å². The Bertz CT molecular complexity index is 777. The molecule has 2 aromatic carbocycles. The Kier molecular flexibility index (Phi) is 3.88. The molecule has 4 nitrogen and oxygen atoms in total. The van der Waals surface area contributed by atoms with Crippen LogP contribution in [0, 0.1) is 0 Å². The van der Waals surface area contributed by atoms with Gasteiger partial charge >= 0.3 is 0 Å². The maximum Gasteiger partial charge on any atom is 0.178 e. The van der Waals surface area contributed by atoms with Gasteiger partial charge in [-0.3, -0.25) is 0 Å². The number of hydrogen-bond donors (Lipinski definition) is 0. The summed E-state index contributed by atoms with van der Waals surface area (Å²) in [7, 11) is -6.78. The van der Waals surface area contributed by atoms with Gasteiger partial charge in [-0.15, -0.1) is 0 Å². The zero-order valence-electron chi connectivity index (χ0n) is 11.3. The molecule has 20 heavy (non-hydrogen) atoms. The number of fused-ring (bicyclic) bond motifs is 1. The lowest BCUT2D eigenvalue weighted by Gasteiger charge is -2.10. The molecule has 0 spiro atoms. The van der Waals surface area contributed by atoms with E-state index in [1.807, 2.05) is 0 Å². The maximum absolute atomic E-state index is 12.1. The van der Waals surface area contributed by atoms with Crippen molar-refractivity contribution in [2.24, 2.45) is 0 Å². The minimum Gasteiger partial charge on any atom is -0.224 e. The number of rotatable bonds is 4. The fourth-order valence-electron chi connectivity index (χ4n) is 2.11. The first-order valence-electron chi connectivity index (χ1n) is 6.30. The molecule has 0 aliphatic heterocycles. The molecule has 0 fully saturated rings. The Hall–Kier alpha value is -1.40. The van der Waals surface area contributed by atoms with E-state index >= 15 is 0 Å². The molecule has 6 heteroatoms. The second-order valence-corrected chi connectivity index (χ2v) is 8.91. The molecule has 108 valence electrons. The van der Waals surface area contributed by atoms with Crippen LogP contribution in [0.15, 0.2) is 46.2 Å². The van der Waals surface area contributed by atoms with Gasteiger partial charge in [0.05, 0.1) is 21.3 Å². The van der Waals surface area contributed by atoms with Gasteiger partial charge in [0, 0.05) is 10.8 Å². The summed E-state index contributed by atoms with van der Waals surface area (Å²) in [4.78, 5) is 0.372. The summed E-state index contributed by atoms with van der Waals surface area (Å²) in [6.07, 6.45) is 0. The van der Waals surface area contributed by atoms with Crippen LogP contribution in [-0.4, -0.2) is 28.3 Å². The lowest BCUT2D eigenvalue weighted by molar-refractivity contribution is 0.595. The first-order valence-corrected chi connectivity index (χ1v) is 9.61. The van der Waals surface area contributed by atoms with Crippen molar-refractivity contribution in [3.8, 4) is 0 Å². The van der Waals surface area contributed by atoms with E-state index in [4.69, 9.17) is 0 Å². The van der Waals surface area contributed by atoms with Crippen LogP contribution >= 0.6 is 0 Å². The Morgan fingerprint density at radius 3 is 1.35 bits per heavy atom. The number of hydrogen-bond acceptors (Lipinski definition) is 4. The van der Waals surface area contributed by atoms with E-state index in [0.29, 0.717) is 10.8 Å². The number of benzene rings is 2. The van der Waals surface area contributed by atoms with E-state index < -0.39 is 19.7 Å². The van der Waals surface area contributed by atoms with Crippen molar-refractivity contribution in [3.05, 3.63) is 36.4 Å². The van der Waals surface area contributed by atoms with Crippen LogP contribution in [0.4, 0.5) is 0 Å². The fourth-order valence-corrected chi connectivity index (χ4v) is 4.33. The van der Waals surface area contributed by atoms with Gasteiger partial charge in [0.25, 0.3) is 0 Å². The molecule has 0 amide bonds. The van der Waals surface area contributed by atoms with Crippen molar-refractivity contribution in [1.29, 1.82) is 0 Å². The second-order valence-electron chi connectivity index (χ2n) is 4.41. The third kappa shape index (κ3) is 2.45. The third-order valence-corrected chi connectivity index (χ3v) is 6.84. The van der Waals surface area contributed by atoms with Crippen LogP contribution < -0.4 is 0 Å². The van der Waals surface area contributed by atoms with Crippen molar-refractivity contribution >= 4 is 30.4 Å². The monoisotopic (exact) mass is 312 g/mol. The molecular weight excluding hydrogens is 296 g/mol. The highest BCUT2D eigenvalue weighted by Gasteiger charge is 2.20. The van der Waals surface area contributed by atoms with E-state index in [9.17, 15) is 16.8 Å². The normalized spacial score (nSPS) is 12.7. The van der Waals surface area contributed by atoms with Crippen molar-refractivity contribution in [2.45, 2.75) is 23.6 Å². The highest BCUT2D eigenvalue weighted by Crippen LogP contribution is 2.29.